The van der Waals surface area contributed by atoms with E-state index in [4.69, 9.17) is 4.74 Å². The molecule has 17 heavy (non-hydrogen) atoms. The van der Waals surface area contributed by atoms with Gasteiger partial charge in [-0.15, -0.1) is 0 Å². The Bertz CT molecular complexity index is 489. The van der Waals surface area contributed by atoms with E-state index in [1.54, 1.807) is 6.20 Å². The maximum absolute atomic E-state index is 5.59. The van der Waals surface area contributed by atoms with Crippen LogP contribution in [0.5, 0.6) is 11.8 Å². The molecule has 0 N–H and O–H groups in total. The fourth-order valence-electron chi connectivity index (χ4n) is 1.40. The predicted octanol–water partition coefficient (Wildman–Crippen LogP) is 3.57. The van der Waals surface area contributed by atoms with E-state index in [-0.39, 0.29) is 5.41 Å². The molecule has 3 nitrogen and oxygen atoms in total. The highest BCUT2D eigenvalue weighted by molar-refractivity contribution is 5.24. The number of hydrogen-bond acceptors (Lipinski definition) is 3. The van der Waals surface area contributed by atoms with E-state index >= 15 is 0 Å². The van der Waals surface area contributed by atoms with Gasteiger partial charge in [-0.25, -0.2) is 9.97 Å². The molecule has 2 rings (SSSR count). The van der Waals surface area contributed by atoms with Crippen LogP contribution in [0.2, 0.25) is 0 Å². The molecular formula is C14H16N2O. The average molecular weight is 228 g/mol. The molecule has 0 bridgehead atoms. The molecule has 2 aromatic rings. The van der Waals surface area contributed by atoms with Crippen molar-refractivity contribution >= 4 is 0 Å². The van der Waals surface area contributed by atoms with E-state index in [1.165, 1.54) is 0 Å². The number of nitrogens with zero attached hydrogens (tertiary/aromatic N) is 2. The Labute approximate surface area is 102 Å². The Morgan fingerprint density at radius 2 is 1.71 bits per heavy atom. The van der Waals surface area contributed by atoms with Crippen molar-refractivity contribution in [2.24, 2.45) is 0 Å². The number of aromatic nitrogens is 2. The summed E-state index contributed by atoms with van der Waals surface area (Å²) in [7, 11) is 0. The highest BCUT2D eigenvalue weighted by Crippen LogP contribution is 2.23. The molecule has 0 atom stereocenters. The zero-order valence-corrected chi connectivity index (χ0v) is 10.3. The van der Waals surface area contributed by atoms with Crippen LogP contribution < -0.4 is 4.74 Å². The largest absolute Gasteiger partial charge is 0.421 e. The average Bonchev–Trinajstić information content (AvgIpc) is 2.29. The normalized spacial score (nSPS) is 11.2. The van der Waals surface area contributed by atoms with Gasteiger partial charge in [0.1, 0.15) is 0 Å². The summed E-state index contributed by atoms with van der Waals surface area (Å²) >= 11 is 0. The Kier molecular flexibility index (Phi) is 3.09. The van der Waals surface area contributed by atoms with Crippen molar-refractivity contribution in [1.29, 1.82) is 0 Å². The molecule has 0 aliphatic carbocycles. The van der Waals surface area contributed by atoms with Crippen LogP contribution in [-0.4, -0.2) is 9.97 Å². The summed E-state index contributed by atoms with van der Waals surface area (Å²) in [5.74, 6) is 1.14. The van der Waals surface area contributed by atoms with Gasteiger partial charge in [-0.2, -0.15) is 0 Å². The van der Waals surface area contributed by atoms with Crippen molar-refractivity contribution in [3.05, 3.63) is 48.3 Å². The van der Waals surface area contributed by atoms with Gasteiger partial charge in [0.25, 0.3) is 0 Å². The Balaban J connectivity index is 2.23. The maximum atomic E-state index is 5.59. The van der Waals surface area contributed by atoms with Gasteiger partial charge in [0.2, 0.25) is 11.8 Å². The summed E-state index contributed by atoms with van der Waals surface area (Å²) in [5.41, 5.74) is 1.02. The molecule has 0 unspecified atom stereocenters. The van der Waals surface area contributed by atoms with Gasteiger partial charge in [-0.3, -0.25) is 0 Å². The van der Waals surface area contributed by atoms with E-state index in [1.807, 2.05) is 36.4 Å². The minimum absolute atomic E-state index is 0.0173. The van der Waals surface area contributed by atoms with E-state index in [0.29, 0.717) is 11.8 Å². The van der Waals surface area contributed by atoms with Gasteiger partial charge >= 0.3 is 0 Å². The predicted molar refractivity (Wildman–Crippen MR) is 67.2 cm³/mol. The molecule has 88 valence electrons. The second-order valence-corrected chi connectivity index (χ2v) is 4.88. The van der Waals surface area contributed by atoms with Crippen molar-refractivity contribution in [2.45, 2.75) is 26.2 Å². The van der Waals surface area contributed by atoms with E-state index in [2.05, 4.69) is 30.7 Å². The number of hydrogen-bond donors (Lipinski definition) is 0. The third-order valence-corrected chi connectivity index (χ3v) is 2.34. The summed E-state index contributed by atoms with van der Waals surface area (Å²) in [4.78, 5) is 8.58. The first-order valence-corrected chi connectivity index (χ1v) is 5.62. The van der Waals surface area contributed by atoms with Crippen LogP contribution in [0.4, 0.5) is 0 Å². The monoisotopic (exact) mass is 228 g/mol. The van der Waals surface area contributed by atoms with Gasteiger partial charge < -0.3 is 4.74 Å². The molecule has 0 spiro atoms. The Morgan fingerprint density at radius 3 is 2.35 bits per heavy atom. The van der Waals surface area contributed by atoms with Gasteiger partial charge in [-0.05, 0) is 12.1 Å². The zero-order chi connectivity index (χ0) is 12.3. The molecule has 0 saturated heterocycles. The van der Waals surface area contributed by atoms with Gasteiger partial charge in [0.15, 0.2) is 0 Å². The topological polar surface area (TPSA) is 35.0 Å². The summed E-state index contributed by atoms with van der Waals surface area (Å²) < 4.78 is 5.59. The molecule has 0 fully saturated rings. The smallest absolute Gasteiger partial charge is 0.221 e. The fraction of sp³-hybridized carbons (Fsp3) is 0.286. The first kappa shape index (κ1) is 11.6. The lowest BCUT2D eigenvalue weighted by Gasteiger charge is -2.17. The standard InChI is InChI=1S/C14H16N2O/c1-14(2,3)11-7-6-9-13(16-11)17-12-8-4-5-10-15-12/h4-10H,1-3H3. The first-order valence-electron chi connectivity index (χ1n) is 5.62. The molecular weight excluding hydrogens is 212 g/mol. The third-order valence-electron chi connectivity index (χ3n) is 2.34. The summed E-state index contributed by atoms with van der Waals surface area (Å²) in [6.45, 7) is 6.37. The molecule has 0 aliphatic rings. The lowest BCUT2D eigenvalue weighted by molar-refractivity contribution is 0.435. The van der Waals surface area contributed by atoms with Crippen LogP contribution in [0.15, 0.2) is 42.6 Å². The van der Waals surface area contributed by atoms with Crippen LogP contribution in [0.1, 0.15) is 26.5 Å². The molecule has 2 aromatic heterocycles. The van der Waals surface area contributed by atoms with Gasteiger partial charge in [0, 0.05) is 29.4 Å². The van der Waals surface area contributed by atoms with Crippen molar-refractivity contribution < 1.29 is 4.74 Å². The van der Waals surface area contributed by atoms with E-state index < -0.39 is 0 Å². The Morgan fingerprint density at radius 1 is 0.941 bits per heavy atom. The molecule has 0 aliphatic heterocycles. The molecule has 3 heteroatoms. The lowest BCUT2D eigenvalue weighted by atomic mass is 9.92. The molecule has 0 radical (unpaired) electrons. The molecule has 0 aromatic carbocycles. The fourth-order valence-corrected chi connectivity index (χ4v) is 1.40. The highest BCUT2D eigenvalue weighted by Gasteiger charge is 2.15. The lowest BCUT2D eigenvalue weighted by Crippen LogP contribution is -2.13. The summed E-state index contributed by atoms with van der Waals surface area (Å²) in [6, 6.07) is 11.3. The minimum atomic E-state index is 0.0173. The van der Waals surface area contributed by atoms with E-state index in [9.17, 15) is 0 Å². The summed E-state index contributed by atoms with van der Waals surface area (Å²) in [6.07, 6.45) is 1.70. The number of ether oxygens (including phenoxy) is 1. The zero-order valence-electron chi connectivity index (χ0n) is 10.3. The number of rotatable bonds is 2. The molecule has 0 saturated carbocycles. The first-order chi connectivity index (χ1) is 8.05. The highest BCUT2D eigenvalue weighted by atomic mass is 16.5. The molecule has 2 heterocycles. The molecule has 0 amide bonds. The van der Waals surface area contributed by atoms with E-state index in [0.717, 1.165) is 5.69 Å². The maximum Gasteiger partial charge on any atom is 0.221 e. The van der Waals surface area contributed by atoms with Gasteiger partial charge in [-0.1, -0.05) is 32.9 Å². The number of pyridine rings is 2. The minimum Gasteiger partial charge on any atom is -0.421 e. The quantitative estimate of drug-likeness (QED) is 0.788. The van der Waals surface area contributed by atoms with Crippen LogP contribution >= 0.6 is 0 Å². The van der Waals surface area contributed by atoms with Crippen LogP contribution in [0.25, 0.3) is 0 Å². The second-order valence-electron chi connectivity index (χ2n) is 4.88. The van der Waals surface area contributed by atoms with Crippen LogP contribution in [-0.2, 0) is 5.41 Å². The van der Waals surface area contributed by atoms with Crippen molar-refractivity contribution in [3.63, 3.8) is 0 Å². The van der Waals surface area contributed by atoms with Gasteiger partial charge in [0.05, 0.1) is 0 Å². The van der Waals surface area contributed by atoms with Crippen molar-refractivity contribution in [2.75, 3.05) is 0 Å². The van der Waals surface area contributed by atoms with Crippen molar-refractivity contribution in [3.8, 4) is 11.8 Å². The third kappa shape index (κ3) is 3.03. The van der Waals surface area contributed by atoms with Crippen molar-refractivity contribution in [1.82, 2.24) is 9.97 Å². The van der Waals surface area contributed by atoms with Crippen LogP contribution in [0, 0.1) is 0 Å². The van der Waals surface area contributed by atoms with Crippen LogP contribution in [0.3, 0.4) is 0 Å². The SMILES string of the molecule is CC(C)(C)c1cccc(Oc2ccccn2)n1. The summed E-state index contributed by atoms with van der Waals surface area (Å²) in [5, 5.41) is 0. The second kappa shape index (κ2) is 4.53. The Hall–Kier alpha value is -1.90.